The van der Waals surface area contributed by atoms with Crippen molar-refractivity contribution in [1.82, 2.24) is 10.6 Å². The Morgan fingerprint density at radius 3 is 1.73 bits per heavy atom. The maximum absolute atomic E-state index is 13.3. The van der Waals surface area contributed by atoms with E-state index in [-0.39, 0.29) is 17.5 Å². The van der Waals surface area contributed by atoms with Crippen molar-refractivity contribution in [2.24, 2.45) is 5.92 Å². The Hall–Kier alpha value is -3.81. The third kappa shape index (κ3) is 7.12. The van der Waals surface area contributed by atoms with Crippen LogP contribution in [0.5, 0.6) is 0 Å². The molecule has 0 heterocycles. The summed E-state index contributed by atoms with van der Waals surface area (Å²) in [5, 5.41) is 8.75. The lowest BCUT2D eigenvalue weighted by Gasteiger charge is -2.32. The molecule has 1 fully saturated rings. The zero-order chi connectivity index (χ0) is 26.3. The molecule has 0 radical (unpaired) electrons. The van der Waals surface area contributed by atoms with Gasteiger partial charge in [0, 0.05) is 11.6 Å². The molecule has 194 valence electrons. The monoisotopic (exact) mass is 509 g/mol. The number of carbonyl (C=O) groups is 2. The van der Waals surface area contributed by atoms with E-state index in [0.29, 0.717) is 0 Å². The molecule has 1 aliphatic rings. The van der Waals surface area contributed by atoms with Crippen LogP contribution in [0.1, 0.15) is 60.9 Å². The van der Waals surface area contributed by atoms with E-state index < -0.39 is 29.9 Å². The lowest BCUT2D eigenvalue weighted by molar-refractivity contribution is -0.137. The summed E-state index contributed by atoms with van der Waals surface area (Å²) in [5.74, 6) is -0.114. The third-order valence-corrected chi connectivity index (χ3v) is 6.68. The SMILES string of the molecule is O=C(Nc1ccc(C(F)(F)F)cc1)NC(c1ccccc1)C(NC(=O)C1CCCCC1)c1ccccc1. The second kappa shape index (κ2) is 12.0. The number of urea groups is 1. The first-order chi connectivity index (χ1) is 17.8. The van der Waals surface area contributed by atoms with Gasteiger partial charge < -0.3 is 16.0 Å². The van der Waals surface area contributed by atoms with Crippen molar-refractivity contribution in [3.8, 4) is 0 Å². The van der Waals surface area contributed by atoms with Crippen LogP contribution in [0.2, 0.25) is 0 Å². The van der Waals surface area contributed by atoms with Crippen molar-refractivity contribution in [1.29, 1.82) is 0 Å². The predicted molar refractivity (Wildman–Crippen MR) is 137 cm³/mol. The number of carbonyl (C=O) groups excluding carboxylic acids is 2. The minimum Gasteiger partial charge on any atom is -0.347 e. The Kier molecular flexibility index (Phi) is 8.48. The first-order valence-electron chi connectivity index (χ1n) is 12.5. The molecule has 3 N–H and O–H groups in total. The van der Waals surface area contributed by atoms with E-state index in [9.17, 15) is 22.8 Å². The van der Waals surface area contributed by atoms with Crippen molar-refractivity contribution in [2.45, 2.75) is 50.4 Å². The Morgan fingerprint density at radius 2 is 1.22 bits per heavy atom. The Labute approximate surface area is 214 Å². The number of anilines is 1. The van der Waals surface area contributed by atoms with Crippen LogP contribution in [0.25, 0.3) is 0 Å². The molecule has 3 aromatic rings. The number of nitrogens with one attached hydrogen (secondary N) is 3. The number of halogens is 3. The van der Waals surface area contributed by atoms with Gasteiger partial charge in [-0.25, -0.2) is 4.79 Å². The second-order valence-corrected chi connectivity index (χ2v) is 9.29. The summed E-state index contributed by atoms with van der Waals surface area (Å²) < 4.78 is 38.7. The van der Waals surface area contributed by atoms with Gasteiger partial charge >= 0.3 is 12.2 Å². The van der Waals surface area contributed by atoms with Crippen LogP contribution >= 0.6 is 0 Å². The van der Waals surface area contributed by atoms with E-state index in [1.165, 1.54) is 12.1 Å². The molecule has 0 bridgehead atoms. The average molecular weight is 510 g/mol. The van der Waals surface area contributed by atoms with Gasteiger partial charge in [-0.1, -0.05) is 79.9 Å². The van der Waals surface area contributed by atoms with Crippen LogP contribution in [0.15, 0.2) is 84.9 Å². The minimum atomic E-state index is -4.46. The van der Waals surface area contributed by atoms with E-state index in [1.54, 1.807) is 0 Å². The molecule has 37 heavy (non-hydrogen) atoms. The molecule has 0 saturated heterocycles. The fourth-order valence-electron chi connectivity index (χ4n) is 4.73. The molecule has 5 nitrogen and oxygen atoms in total. The number of hydrogen-bond donors (Lipinski definition) is 3. The quantitative estimate of drug-likeness (QED) is 0.321. The summed E-state index contributed by atoms with van der Waals surface area (Å²) in [6.45, 7) is 0. The molecule has 0 aliphatic heterocycles. The maximum Gasteiger partial charge on any atom is 0.416 e. The fraction of sp³-hybridized carbons (Fsp3) is 0.310. The number of rotatable bonds is 7. The molecule has 0 spiro atoms. The molecule has 1 saturated carbocycles. The number of amides is 3. The first kappa shape index (κ1) is 26.3. The smallest absolute Gasteiger partial charge is 0.347 e. The Balaban J connectivity index is 1.59. The molecule has 1 aliphatic carbocycles. The van der Waals surface area contributed by atoms with Crippen LogP contribution in [0.3, 0.4) is 0 Å². The molecule has 3 aromatic carbocycles. The van der Waals surface area contributed by atoms with E-state index in [0.717, 1.165) is 55.4 Å². The van der Waals surface area contributed by atoms with E-state index in [2.05, 4.69) is 16.0 Å². The lowest BCUT2D eigenvalue weighted by atomic mass is 9.87. The fourth-order valence-corrected chi connectivity index (χ4v) is 4.73. The van der Waals surface area contributed by atoms with Gasteiger partial charge in [0.2, 0.25) is 5.91 Å². The number of benzene rings is 3. The molecule has 0 aromatic heterocycles. The molecule has 3 amide bonds. The zero-order valence-corrected chi connectivity index (χ0v) is 20.3. The summed E-state index contributed by atoms with van der Waals surface area (Å²) in [6.07, 6.45) is 0.382. The lowest BCUT2D eigenvalue weighted by Crippen LogP contribution is -2.44. The summed E-state index contributed by atoms with van der Waals surface area (Å²) in [5.41, 5.74) is 1.04. The second-order valence-electron chi connectivity index (χ2n) is 9.29. The van der Waals surface area contributed by atoms with Gasteiger partial charge in [0.1, 0.15) is 0 Å². The highest BCUT2D eigenvalue weighted by atomic mass is 19.4. The maximum atomic E-state index is 13.3. The zero-order valence-electron chi connectivity index (χ0n) is 20.3. The Bertz CT molecular complexity index is 1160. The largest absolute Gasteiger partial charge is 0.416 e. The van der Waals surface area contributed by atoms with Crippen molar-refractivity contribution >= 4 is 17.6 Å². The minimum absolute atomic E-state index is 0.0422. The summed E-state index contributed by atoms with van der Waals surface area (Å²) >= 11 is 0. The molecule has 4 rings (SSSR count). The van der Waals surface area contributed by atoms with Gasteiger partial charge in [-0.3, -0.25) is 4.79 Å². The average Bonchev–Trinajstić information content (AvgIpc) is 2.92. The number of hydrogen-bond acceptors (Lipinski definition) is 2. The standard InChI is InChI=1S/C29H30F3N3O2/c30-29(31,32)23-16-18-24(19-17-23)33-28(37)35-26(21-12-6-2-7-13-21)25(20-10-4-1-5-11-20)34-27(36)22-14-8-3-9-15-22/h1-2,4-7,10-13,16-19,22,25-26H,3,8-9,14-15H2,(H,34,36)(H2,33,35,37). The molecule has 2 atom stereocenters. The third-order valence-electron chi connectivity index (χ3n) is 6.68. The highest BCUT2D eigenvalue weighted by Crippen LogP contribution is 2.32. The van der Waals surface area contributed by atoms with Gasteiger partial charge in [0.15, 0.2) is 0 Å². The number of alkyl halides is 3. The molecule has 8 heteroatoms. The molecular weight excluding hydrogens is 479 g/mol. The van der Waals surface area contributed by atoms with Crippen LogP contribution in [0.4, 0.5) is 23.7 Å². The van der Waals surface area contributed by atoms with E-state index in [4.69, 9.17) is 0 Å². The van der Waals surface area contributed by atoms with Gasteiger partial charge in [-0.15, -0.1) is 0 Å². The molecular formula is C29H30F3N3O2. The van der Waals surface area contributed by atoms with Crippen LogP contribution in [-0.2, 0) is 11.0 Å². The van der Waals surface area contributed by atoms with E-state index >= 15 is 0 Å². The van der Waals surface area contributed by atoms with Gasteiger partial charge in [0.05, 0.1) is 17.6 Å². The van der Waals surface area contributed by atoms with Gasteiger partial charge in [-0.2, -0.15) is 13.2 Å². The van der Waals surface area contributed by atoms with Crippen LogP contribution < -0.4 is 16.0 Å². The summed E-state index contributed by atoms with van der Waals surface area (Å²) in [7, 11) is 0. The highest BCUT2D eigenvalue weighted by molar-refractivity contribution is 5.89. The topological polar surface area (TPSA) is 70.2 Å². The van der Waals surface area contributed by atoms with Crippen molar-refractivity contribution in [3.63, 3.8) is 0 Å². The van der Waals surface area contributed by atoms with E-state index in [1.807, 2.05) is 60.7 Å². The first-order valence-corrected chi connectivity index (χ1v) is 12.5. The summed E-state index contributed by atoms with van der Waals surface area (Å²) in [4.78, 5) is 26.3. The van der Waals surface area contributed by atoms with Gasteiger partial charge in [0.25, 0.3) is 0 Å². The van der Waals surface area contributed by atoms with Crippen molar-refractivity contribution in [3.05, 3.63) is 102 Å². The van der Waals surface area contributed by atoms with Crippen LogP contribution in [0, 0.1) is 5.92 Å². The molecule has 2 unspecified atom stereocenters. The normalized spacial score (nSPS) is 15.9. The predicted octanol–water partition coefficient (Wildman–Crippen LogP) is 7.01. The van der Waals surface area contributed by atoms with Gasteiger partial charge in [-0.05, 0) is 48.2 Å². The Morgan fingerprint density at radius 1 is 0.703 bits per heavy atom. The highest BCUT2D eigenvalue weighted by Gasteiger charge is 2.32. The van der Waals surface area contributed by atoms with Crippen molar-refractivity contribution in [2.75, 3.05) is 5.32 Å². The van der Waals surface area contributed by atoms with Crippen molar-refractivity contribution < 1.29 is 22.8 Å². The van der Waals surface area contributed by atoms with Crippen LogP contribution in [-0.4, -0.2) is 11.9 Å². The summed E-state index contributed by atoms with van der Waals surface area (Å²) in [6, 6.07) is 21.2.